The van der Waals surface area contributed by atoms with E-state index in [1.165, 1.54) is 12.1 Å². The van der Waals surface area contributed by atoms with E-state index in [0.717, 1.165) is 11.8 Å². The van der Waals surface area contributed by atoms with E-state index in [1.54, 1.807) is 30.3 Å². The summed E-state index contributed by atoms with van der Waals surface area (Å²) in [7, 11) is -3.31. The molecule has 0 saturated heterocycles. The molecular formula is C19H20N2O5S. The number of aliphatic hydroxyl groups is 1. The lowest BCUT2D eigenvalue weighted by atomic mass is 10.0. The quantitative estimate of drug-likeness (QED) is 0.699. The van der Waals surface area contributed by atoms with Crippen molar-refractivity contribution < 1.29 is 23.1 Å². The highest BCUT2D eigenvalue weighted by Crippen LogP contribution is 2.13. The number of carbonyl (C=O) groups excluding carboxylic acids is 1. The van der Waals surface area contributed by atoms with E-state index < -0.39 is 28.1 Å². The number of ether oxygens (including phenoxy) is 1. The first-order valence-corrected chi connectivity index (χ1v) is 10.0. The summed E-state index contributed by atoms with van der Waals surface area (Å²) in [6.45, 7) is 0.0606. The molecule has 2 atom stereocenters. The lowest BCUT2D eigenvalue weighted by Gasteiger charge is -2.20. The number of alkyl carbamates (subject to hydrolysis) is 1. The standard InChI is InChI=1S/C19H20N2O5S/c1-27(24,25)16-9-7-14(8-10-16)11-17(18(22)12-20)21-19(23)26-13-15-5-3-2-4-6-15/h2-10,17-18,22H,11,13H2,1H3,(H,21,23). The number of hydrogen-bond donors (Lipinski definition) is 2. The van der Waals surface area contributed by atoms with Crippen molar-refractivity contribution in [3.05, 3.63) is 65.7 Å². The number of nitriles is 1. The fraction of sp³-hybridized carbons (Fsp3) is 0.263. The molecule has 0 aliphatic heterocycles. The molecule has 27 heavy (non-hydrogen) atoms. The van der Waals surface area contributed by atoms with E-state index in [1.807, 2.05) is 18.2 Å². The minimum Gasteiger partial charge on any atom is -0.445 e. The van der Waals surface area contributed by atoms with Crippen molar-refractivity contribution >= 4 is 15.9 Å². The number of carbonyl (C=O) groups is 1. The third kappa shape index (κ3) is 6.40. The van der Waals surface area contributed by atoms with Gasteiger partial charge < -0.3 is 15.2 Å². The second kappa shape index (κ2) is 9.16. The number of rotatable bonds is 7. The van der Waals surface area contributed by atoms with Crippen LogP contribution in [0, 0.1) is 11.3 Å². The summed E-state index contributed by atoms with van der Waals surface area (Å²) in [5.74, 6) is 0. The number of nitrogens with one attached hydrogen (secondary N) is 1. The lowest BCUT2D eigenvalue weighted by Crippen LogP contribution is -2.44. The molecule has 0 saturated carbocycles. The second-order valence-corrected chi connectivity index (χ2v) is 8.02. The van der Waals surface area contributed by atoms with Crippen molar-refractivity contribution in [3.63, 3.8) is 0 Å². The second-order valence-electron chi connectivity index (χ2n) is 6.01. The Kier molecular flexibility index (Phi) is 6.93. The summed E-state index contributed by atoms with van der Waals surface area (Å²) in [6, 6.07) is 15.9. The molecule has 2 aromatic carbocycles. The van der Waals surface area contributed by atoms with Gasteiger partial charge in [-0.2, -0.15) is 5.26 Å². The van der Waals surface area contributed by atoms with E-state index in [4.69, 9.17) is 10.00 Å². The number of nitrogens with zero attached hydrogens (tertiary/aromatic N) is 1. The molecule has 0 fully saturated rings. The van der Waals surface area contributed by atoms with Crippen molar-refractivity contribution in [2.24, 2.45) is 0 Å². The average Bonchev–Trinajstić information content (AvgIpc) is 2.65. The average molecular weight is 388 g/mol. The molecule has 8 heteroatoms. The highest BCUT2D eigenvalue weighted by Gasteiger charge is 2.22. The summed E-state index contributed by atoms with van der Waals surface area (Å²) >= 11 is 0. The summed E-state index contributed by atoms with van der Waals surface area (Å²) in [5, 5.41) is 21.3. The van der Waals surface area contributed by atoms with Gasteiger partial charge in [0.1, 0.15) is 6.61 Å². The molecule has 2 rings (SSSR count). The fourth-order valence-electron chi connectivity index (χ4n) is 2.37. The zero-order valence-corrected chi connectivity index (χ0v) is 15.5. The molecule has 142 valence electrons. The molecule has 7 nitrogen and oxygen atoms in total. The first-order chi connectivity index (χ1) is 12.8. The molecule has 2 aromatic rings. The maximum absolute atomic E-state index is 12.0. The molecule has 0 radical (unpaired) electrons. The molecule has 0 spiro atoms. The van der Waals surface area contributed by atoms with E-state index in [9.17, 15) is 18.3 Å². The summed E-state index contributed by atoms with van der Waals surface area (Å²) in [4.78, 5) is 12.2. The van der Waals surface area contributed by atoms with Gasteiger partial charge in [0.05, 0.1) is 17.0 Å². The van der Waals surface area contributed by atoms with Crippen LogP contribution in [0.15, 0.2) is 59.5 Å². The topological polar surface area (TPSA) is 116 Å². The van der Waals surface area contributed by atoms with Crippen molar-refractivity contribution in [1.29, 1.82) is 5.26 Å². The van der Waals surface area contributed by atoms with Gasteiger partial charge in [-0.15, -0.1) is 0 Å². The van der Waals surface area contributed by atoms with Crippen LogP contribution in [0.1, 0.15) is 11.1 Å². The Labute approximate surface area is 158 Å². The smallest absolute Gasteiger partial charge is 0.407 e. The number of benzene rings is 2. The van der Waals surface area contributed by atoms with E-state index >= 15 is 0 Å². The minimum atomic E-state index is -3.31. The summed E-state index contributed by atoms with van der Waals surface area (Å²) in [6.07, 6.45) is -0.955. The van der Waals surface area contributed by atoms with E-state index in [0.29, 0.717) is 5.56 Å². The van der Waals surface area contributed by atoms with Crippen LogP contribution in [0.3, 0.4) is 0 Å². The maximum atomic E-state index is 12.0. The van der Waals surface area contributed by atoms with Gasteiger partial charge in [-0.3, -0.25) is 0 Å². The largest absolute Gasteiger partial charge is 0.445 e. The number of sulfone groups is 1. The SMILES string of the molecule is CS(=O)(=O)c1ccc(CC(NC(=O)OCc2ccccc2)C(O)C#N)cc1. The van der Waals surface area contributed by atoms with Gasteiger partial charge in [-0.05, 0) is 29.7 Å². The van der Waals surface area contributed by atoms with Crippen LogP contribution in [-0.4, -0.2) is 38.0 Å². The van der Waals surface area contributed by atoms with Crippen LogP contribution < -0.4 is 5.32 Å². The summed E-state index contributed by atoms with van der Waals surface area (Å²) in [5.41, 5.74) is 1.46. The number of aliphatic hydroxyl groups excluding tert-OH is 1. The normalized spacial score (nSPS) is 13.2. The van der Waals surface area contributed by atoms with Crippen LogP contribution in [0.4, 0.5) is 4.79 Å². The predicted molar refractivity (Wildman–Crippen MR) is 98.4 cm³/mol. The van der Waals surface area contributed by atoms with E-state index in [-0.39, 0.29) is 17.9 Å². The Balaban J connectivity index is 2.00. The Bertz CT molecular complexity index is 905. The molecule has 0 aromatic heterocycles. The zero-order chi connectivity index (χ0) is 19.9. The van der Waals surface area contributed by atoms with Crippen molar-refractivity contribution in [1.82, 2.24) is 5.32 Å². The fourth-order valence-corrected chi connectivity index (χ4v) is 3.00. The molecule has 0 heterocycles. The Morgan fingerprint density at radius 3 is 2.33 bits per heavy atom. The Morgan fingerprint density at radius 2 is 1.78 bits per heavy atom. The molecular weight excluding hydrogens is 368 g/mol. The van der Waals surface area contributed by atoms with Crippen molar-refractivity contribution in [2.45, 2.75) is 30.1 Å². The van der Waals surface area contributed by atoms with Crippen molar-refractivity contribution in [3.8, 4) is 6.07 Å². The van der Waals surface area contributed by atoms with Crippen LogP contribution in [-0.2, 0) is 27.6 Å². The van der Waals surface area contributed by atoms with Gasteiger partial charge in [0, 0.05) is 6.26 Å². The first-order valence-electron chi connectivity index (χ1n) is 8.13. The first kappa shape index (κ1) is 20.4. The van der Waals surface area contributed by atoms with E-state index in [2.05, 4.69) is 5.32 Å². The van der Waals surface area contributed by atoms with Gasteiger partial charge in [-0.25, -0.2) is 13.2 Å². The van der Waals surface area contributed by atoms with Crippen LogP contribution in [0.2, 0.25) is 0 Å². The van der Waals surface area contributed by atoms with Gasteiger partial charge in [-0.1, -0.05) is 42.5 Å². The Morgan fingerprint density at radius 1 is 1.15 bits per heavy atom. The third-order valence-electron chi connectivity index (χ3n) is 3.84. The molecule has 0 aliphatic rings. The molecule has 0 bridgehead atoms. The van der Waals surface area contributed by atoms with Gasteiger partial charge in [0.25, 0.3) is 0 Å². The minimum absolute atomic E-state index is 0.0606. The lowest BCUT2D eigenvalue weighted by molar-refractivity contribution is 0.119. The summed E-state index contributed by atoms with van der Waals surface area (Å²) < 4.78 is 28.1. The zero-order valence-electron chi connectivity index (χ0n) is 14.7. The monoisotopic (exact) mass is 388 g/mol. The molecule has 0 aliphatic carbocycles. The molecule has 2 N–H and O–H groups in total. The molecule has 1 amide bonds. The number of hydrogen-bond acceptors (Lipinski definition) is 6. The third-order valence-corrected chi connectivity index (χ3v) is 4.96. The van der Waals surface area contributed by atoms with Crippen LogP contribution in [0.25, 0.3) is 0 Å². The van der Waals surface area contributed by atoms with Gasteiger partial charge >= 0.3 is 6.09 Å². The Hall–Kier alpha value is -2.89. The van der Waals surface area contributed by atoms with Crippen molar-refractivity contribution in [2.75, 3.05) is 6.26 Å². The highest BCUT2D eigenvalue weighted by molar-refractivity contribution is 7.90. The van der Waals surface area contributed by atoms with Gasteiger partial charge in [0.2, 0.25) is 0 Å². The number of amides is 1. The van der Waals surface area contributed by atoms with Crippen LogP contribution >= 0.6 is 0 Å². The maximum Gasteiger partial charge on any atom is 0.407 e. The molecule has 2 unspecified atom stereocenters. The predicted octanol–water partition coefficient (Wildman–Crippen LogP) is 1.81. The van der Waals surface area contributed by atoms with Crippen LogP contribution in [0.5, 0.6) is 0 Å². The van der Waals surface area contributed by atoms with Gasteiger partial charge in [0.15, 0.2) is 15.9 Å². The highest BCUT2D eigenvalue weighted by atomic mass is 32.2.